The highest BCUT2D eigenvalue weighted by Gasteiger charge is 2.12. The maximum Gasteiger partial charge on any atom is 0.204 e. The van der Waals surface area contributed by atoms with Crippen LogP contribution in [0.2, 0.25) is 0 Å². The maximum absolute atomic E-state index is 9.28. The highest BCUT2D eigenvalue weighted by Crippen LogP contribution is 2.28. The van der Waals surface area contributed by atoms with Crippen molar-refractivity contribution in [2.45, 2.75) is 19.4 Å². The van der Waals surface area contributed by atoms with Crippen LogP contribution in [0.5, 0.6) is 5.75 Å². The summed E-state index contributed by atoms with van der Waals surface area (Å²) in [5.74, 6) is 1.59. The van der Waals surface area contributed by atoms with E-state index < -0.39 is 6.10 Å². The average Bonchev–Trinajstić information content (AvgIpc) is 2.42. The predicted octanol–water partition coefficient (Wildman–Crippen LogP) is 0.0722. The Morgan fingerprint density at radius 1 is 1.33 bits per heavy atom. The van der Waals surface area contributed by atoms with Crippen LogP contribution in [0.15, 0.2) is 6.33 Å². The normalized spacial score (nSPS) is 12.0. The molecule has 1 heterocycles. The Bertz CT molecular complexity index is 362. The van der Waals surface area contributed by atoms with Crippen LogP contribution in [-0.4, -0.2) is 53.1 Å². The van der Waals surface area contributed by atoms with Crippen LogP contribution in [0.1, 0.15) is 13.3 Å². The van der Waals surface area contributed by atoms with Crippen LogP contribution < -0.4 is 15.4 Å². The Kier molecular flexibility index (Phi) is 6.16. The number of hydrogen-bond donors (Lipinski definition) is 4. The zero-order chi connectivity index (χ0) is 13.4. The van der Waals surface area contributed by atoms with Crippen molar-refractivity contribution in [2.75, 3.05) is 37.4 Å². The quantitative estimate of drug-likeness (QED) is 0.522. The summed E-state index contributed by atoms with van der Waals surface area (Å²) in [6.45, 7) is 2.72. The molecule has 18 heavy (non-hydrogen) atoms. The van der Waals surface area contributed by atoms with Gasteiger partial charge in [-0.25, -0.2) is 9.97 Å². The van der Waals surface area contributed by atoms with Crippen molar-refractivity contribution >= 4 is 11.6 Å². The fraction of sp³-hybridized carbons (Fsp3) is 0.636. The molecule has 0 bridgehead atoms. The third-order valence-corrected chi connectivity index (χ3v) is 2.27. The van der Waals surface area contributed by atoms with E-state index in [9.17, 15) is 5.11 Å². The van der Waals surface area contributed by atoms with Crippen LogP contribution in [-0.2, 0) is 0 Å². The number of anilines is 2. The summed E-state index contributed by atoms with van der Waals surface area (Å²) in [7, 11) is 1.53. The van der Waals surface area contributed by atoms with Gasteiger partial charge in [-0.1, -0.05) is 6.92 Å². The monoisotopic (exact) mass is 256 g/mol. The summed E-state index contributed by atoms with van der Waals surface area (Å²) < 4.78 is 5.25. The molecule has 1 rings (SSSR count). The van der Waals surface area contributed by atoms with Gasteiger partial charge >= 0.3 is 0 Å². The van der Waals surface area contributed by atoms with Gasteiger partial charge in [-0.15, -0.1) is 0 Å². The van der Waals surface area contributed by atoms with Crippen molar-refractivity contribution in [3.8, 4) is 5.75 Å². The van der Waals surface area contributed by atoms with Crippen LogP contribution in [0.25, 0.3) is 0 Å². The summed E-state index contributed by atoms with van der Waals surface area (Å²) in [5, 5.41) is 24.1. The Hall–Kier alpha value is -1.60. The van der Waals surface area contributed by atoms with Gasteiger partial charge in [0, 0.05) is 13.1 Å². The molecule has 1 unspecified atom stereocenters. The number of nitrogens with zero attached hydrogens (tertiary/aromatic N) is 2. The number of hydrogen-bond acceptors (Lipinski definition) is 7. The van der Waals surface area contributed by atoms with E-state index in [-0.39, 0.29) is 13.2 Å². The molecule has 0 fully saturated rings. The molecular formula is C11H20N4O3. The average molecular weight is 256 g/mol. The molecule has 0 saturated heterocycles. The number of aliphatic hydroxyl groups excluding tert-OH is 2. The number of aliphatic hydroxyl groups is 2. The lowest BCUT2D eigenvalue weighted by atomic mass is 10.3. The molecule has 0 amide bonds. The number of rotatable bonds is 8. The minimum absolute atomic E-state index is 0.192. The number of aromatic nitrogens is 2. The number of methoxy groups -OCH3 is 1. The van der Waals surface area contributed by atoms with Crippen LogP contribution in [0, 0.1) is 0 Å². The summed E-state index contributed by atoms with van der Waals surface area (Å²) in [6, 6.07) is 0. The Morgan fingerprint density at radius 3 is 2.56 bits per heavy atom. The van der Waals surface area contributed by atoms with Crippen molar-refractivity contribution in [2.24, 2.45) is 0 Å². The van der Waals surface area contributed by atoms with Gasteiger partial charge in [0.15, 0.2) is 11.6 Å². The number of nitrogens with one attached hydrogen (secondary N) is 2. The van der Waals surface area contributed by atoms with E-state index in [1.165, 1.54) is 13.4 Å². The topological polar surface area (TPSA) is 99.5 Å². The fourth-order valence-corrected chi connectivity index (χ4v) is 1.34. The second-order valence-corrected chi connectivity index (χ2v) is 3.75. The smallest absolute Gasteiger partial charge is 0.204 e. The molecule has 0 radical (unpaired) electrons. The molecule has 1 aromatic rings. The van der Waals surface area contributed by atoms with Gasteiger partial charge in [-0.05, 0) is 6.42 Å². The van der Waals surface area contributed by atoms with E-state index >= 15 is 0 Å². The molecule has 0 aliphatic rings. The zero-order valence-corrected chi connectivity index (χ0v) is 10.7. The molecular weight excluding hydrogens is 236 g/mol. The van der Waals surface area contributed by atoms with Crippen molar-refractivity contribution in [1.82, 2.24) is 9.97 Å². The minimum atomic E-state index is -0.836. The van der Waals surface area contributed by atoms with E-state index in [0.29, 0.717) is 17.4 Å². The molecule has 102 valence electrons. The number of ether oxygens (including phenoxy) is 1. The lowest BCUT2D eigenvalue weighted by Gasteiger charge is -2.15. The molecule has 4 N–H and O–H groups in total. The van der Waals surface area contributed by atoms with E-state index in [0.717, 1.165) is 13.0 Å². The van der Waals surface area contributed by atoms with E-state index in [1.54, 1.807) is 0 Å². The first-order valence-electron chi connectivity index (χ1n) is 5.88. The molecule has 7 nitrogen and oxygen atoms in total. The first kappa shape index (κ1) is 14.5. The van der Waals surface area contributed by atoms with Crippen LogP contribution in [0.4, 0.5) is 11.6 Å². The SMILES string of the molecule is CCCNc1ncnc(NCC(O)CO)c1OC. The van der Waals surface area contributed by atoms with Gasteiger partial charge in [-0.2, -0.15) is 0 Å². The predicted molar refractivity (Wildman–Crippen MR) is 68.9 cm³/mol. The summed E-state index contributed by atoms with van der Waals surface area (Å²) in [4.78, 5) is 8.14. The standard InChI is InChI=1S/C11H20N4O3/c1-3-4-12-10-9(18-2)11(15-7-14-10)13-5-8(17)6-16/h7-8,16-17H,3-6H2,1-2H3,(H2,12,13,14,15). The van der Waals surface area contributed by atoms with Gasteiger partial charge in [-0.3, -0.25) is 0 Å². The van der Waals surface area contributed by atoms with Crippen molar-refractivity contribution in [1.29, 1.82) is 0 Å². The Labute approximate surface area is 106 Å². The highest BCUT2D eigenvalue weighted by molar-refractivity contribution is 5.63. The van der Waals surface area contributed by atoms with Crippen LogP contribution >= 0.6 is 0 Å². The summed E-state index contributed by atoms with van der Waals surface area (Å²) >= 11 is 0. The van der Waals surface area contributed by atoms with Gasteiger partial charge in [0.25, 0.3) is 0 Å². The fourth-order valence-electron chi connectivity index (χ4n) is 1.34. The highest BCUT2D eigenvalue weighted by atomic mass is 16.5. The molecule has 0 aromatic carbocycles. The van der Waals surface area contributed by atoms with E-state index in [1.807, 2.05) is 0 Å². The summed E-state index contributed by atoms with van der Waals surface area (Å²) in [6.07, 6.45) is 1.55. The second kappa shape index (κ2) is 7.67. The molecule has 0 saturated carbocycles. The molecule has 1 aromatic heterocycles. The largest absolute Gasteiger partial charge is 0.490 e. The Morgan fingerprint density at radius 2 is 2.00 bits per heavy atom. The third-order valence-electron chi connectivity index (χ3n) is 2.27. The molecule has 7 heteroatoms. The van der Waals surface area contributed by atoms with Crippen molar-refractivity contribution in [3.05, 3.63) is 6.33 Å². The summed E-state index contributed by atoms with van der Waals surface area (Å²) in [5.41, 5.74) is 0. The van der Waals surface area contributed by atoms with E-state index in [4.69, 9.17) is 9.84 Å². The molecule has 1 atom stereocenters. The lowest BCUT2D eigenvalue weighted by molar-refractivity contribution is 0.105. The molecule has 0 aliphatic carbocycles. The lowest BCUT2D eigenvalue weighted by Crippen LogP contribution is -2.23. The first-order valence-corrected chi connectivity index (χ1v) is 5.88. The van der Waals surface area contributed by atoms with Crippen molar-refractivity contribution in [3.63, 3.8) is 0 Å². The zero-order valence-electron chi connectivity index (χ0n) is 10.7. The Balaban J connectivity index is 2.77. The maximum atomic E-state index is 9.28. The molecule has 0 spiro atoms. The minimum Gasteiger partial charge on any atom is -0.490 e. The molecule has 0 aliphatic heterocycles. The van der Waals surface area contributed by atoms with Gasteiger partial charge in [0.1, 0.15) is 6.33 Å². The van der Waals surface area contributed by atoms with Crippen molar-refractivity contribution < 1.29 is 14.9 Å². The second-order valence-electron chi connectivity index (χ2n) is 3.75. The first-order chi connectivity index (χ1) is 8.72. The third kappa shape index (κ3) is 4.01. The van der Waals surface area contributed by atoms with Gasteiger partial charge in [0.05, 0.1) is 19.8 Å². The van der Waals surface area contributed by atoms with Crippen LogP contribution in [0.3, 0.4) is 0 Å². The van der Waals surface area contributed by atoms with Gasteiger partial charge in [0.2, 0.25) is 5.75 Å². The van der Waals surface area contributed by atoms with Gasteiger partial charge < -0.3 is 25.6 Å². The van der Waals surface area contributed by atoms with E-state index in [2.05, 4.69) is 27.5 Å².